The highest BCUT2D eigenvalue weighted by Crippen LogP contribution is 2.34. The number of ether oxygens (including phenoxy) is 2. The Bertz CT molecular complexity index is 316. The van der Waals surface area contributed by atoms with Crippen molar-refractivity contribution in [3.63, 3.8) is 0 Å². The molecule has 4 nitrogen and oxygen atoms in total. The second-order valence-electron chi connectivity index (χ2n) is 5.69. The molecule has 0 bridgehead atoms. The Labute approximate surface area is 122 Å². The summed E-state index contributed by atoms with van der Waals surface area (Å²) in [5, 5.41) is 0. The van der Waals surface area contributed by atoms with Gasteiger partial charge in [0.05, 0.1) is 7.11 Å². The average Bonchev–Trinajstić information content (AvgIpc) is 2.73. The molecule has 0 aliphatic heterocycles. The summed E-state index contributed by atoms with van der Waals surface area (Å²) < 4.78 is 10.4. The molecule has 0 spiro atoms. The maximum atomic E-state index is 12.9. The lowest BCUT2D eigenvalue weighted by atomic mass is 9.81. The molecule has 0 radical (unpaired) electrons. The zero-order valence-corrected chi connectivity index (χ0v) is 13.1. The quantitative estimate of drug-likeness (QED) is 0.409. The van der Waals surface area contributed by atoms with Crippen molar-refractivity contribution in [1.29, 1.82) is 0 Å². The van der Waals surface area contributed by atoms with Gasteiger partial charge in [-0.05, 0) is 19.3 Å². The van der Waals surface area contributed by atoms with Crippen LogP contribution in [0, 0.1) is 5.92 Å². The summed E-state index contributed by atoms with van der Waals surface area (Å²) in [5.74, 6) is -1.15. The number of esters is 1. The number of carbonyl (C=O) groups is 2. The van der Waals surface area contributed by atoms with Crippen molar-refractivity contribution in [2.24, 2.45) is 5.92 Å². The van der Waals surface area contributed by atoms with Crippen LogP contribution < -0.4 is 0 Å². The van der Waals surface area contributed by atoms with Crippen molar-refractivity contribution < 1.29 is 19.1 Å². The van der Waals surface area contributed by atoms with E-state index in [1.165, 1.54) is 7.11 Å². The first-order valence-corrected chi connectivity index (χ1v) is 7.78. The summed E-state index contributed by atoms with van der Waals surface area (Å²) in [5.41, 5.74) is -0.775. The molecule has 0 heterocycles. The zero-order chi connectivity index (χ0) is 15.0. The lowest BCUT2D eigenvalue weighted by Crippen LogP contribution is -2.46. The zero-order valence-electron chi connectivity index (χ0n) is 13.1. The minimum absolute atomic E-state index is 0.0674. The van der Waals surface area contributed by atoms with Crippen molar-refractivity contribution in [2.45, 2.75) is 70.3 Å². The van der Waals surface area contributed by atoms with Crippen molar-refractivity contribution in [3.05, 3.63) is 0 Å². The predicted octanol–water partition coefficient (Wildman–Crippen LogP) is 3.27. The van der Waals surface area contributed by atoms with Crippen molar-refractivity contribution >= 4 is 11.8 Å². The highest BCUT2D eigenvalue weighted by Gasteiger charge is 2.44. The van der Waals surface area contributed by atoms with E-state index in [1.807, 2.05) is 0 Å². The maximum absolute atomic E-state index is 12.9. The van der Waals surface area contributed by atoms with Crippen LogP contribution in [0.1, 0.15) is 64.7 Å². The van der Waals surface area contributed by atoms with Gasteiger partial charge >= 0.3 is 5.97 Å². The topological polar surface area (TPSA) is 52.6 Å². The van der Waals surface area contributed by atoms with Crippen LogP contribution in [0.3, 0.4) is 0 Å². The highest BCUT2D eigenvalue weighted by molar-refractivity contribution is 6.03. The third kappa shape index (κ3) is 4.05. The third-order valence-electron chi connectivity index (χ3n) is 4.40. The molecule has 0 saturated heterocycles. The Kier molecular flexibility index (Phi) is 7.20. The Morgan fingerprint density at radius 3 is 2.15 bits per heavy atom. The van der Waals surface area contributed by atoms with Gasteiger partial charge in [-0.25, -0.2) is 0 Å². The minimum atomic E-state index is -0.775. The fraction of sp³-hybridized carbons (Fsp3) is 0.875. The monoisotopic (exact) mass is 284 g/mol. The number of methoxy groups -OCH3 is 2. The van der Waals surface area contributed by atoms with E-state index in [4.69, 9.17) is 9.47 Å². The van der Waals surface area contributed by atoms with E-state index in [-0.39, 0.29) is 5.78 Å². The van der Waals surface area contributed by atoms with Crippen LogP contribution >= 0.6 is 0 Å². The van der Waals surface area contributed by atoms with Gasteiger partial charge in [-0.2, -0.15) is 0 Å². The second kappa shape index (κ2) is 8.40. The fourth-order valence-corrected chi connectivity index (χ4v) is 3.07. The van der Waals surface area contributed by atoms with E-state index in [1.54, 1.807) is 7.11 Å². The number of carbonyl (C=O) groups excluding carboxylic acids is 2. The largest absolute Gasteiger partial charge is 0.468 e. The van der Waals surface area contributed by atoms with E-state index >= 15 is 0 Å². The molecule has 116 valence electrons. The summed E-state index contributed by atoms with van der Waals surface area (Å²) in [7, 11) is 2.94. The lowest BCUT2D eigenvalue weighted by Gasteiger charge is -2.32. The van der Waals surface area contributed by atoms with E-state index < -0.39 is 17.5 Å². The molecule has 1 aliphatic rings. The van der Waals surface area contributed by atoms with Gasteiger partial charge in [0.2, 0.25) is 0 Å². The molecular weight excluding hydrogens is 256 g/mol. The molecule has 1 unspecified atom stereocenters. The number of unbranched alkanes of at least 4 members (excludes halogenated alkanes) is 1. The first-order chi connectivity index (χ1) is 9.61. The number of hydrogen-bond acceptors (Lipinski definition) is 4. The van der Waals surface area contributed by atoms with Gasteiger partial charge in [-0.1, -0.05) is 45.4 Å². The molecule has 4 heteroatoms. The van der Waals surface area contributed by atoms with Gasteiger partial charge in [0, 0.05) is 7.11 Å². The maximum Gasteiger partial charge on any atom is 0.316 e. The first kappa shape index (κ1) is 17.2. The summed E-state index contributed by atoms with van der Waals surface area (Å²) in [6.45, 7) is 2.05. The van der Waals surface area contributed by atoms with Crippen LogP contribution in [0.25, 0.3) is 0 Å². The second-order valence-corrected chi connectivity index (χ2v) is 5.69. The standard InChI is InChI=1S/C16H28O4/c1-4-5-10-13(15(18)19-2)14(17)16(20-3)11-8-6-7-9-12-16/h13H,4-12H2,1-3H3. The van der Waals surface area contributed by atoms with Gasteiger partial charge in [0.1, 0.15) is 11.5 Å². The number of hydrogen-bond donors (Lipinski definition) is 0. The van der Waals surface area contributed by atoms with E-state index in [9.17, 15) is 9.59 Å². The van der Waals surface area contributed by atoms with Gasteiger partial charge in [0.25, 0.3) is 0 Å². The fourth-order valence-electron chi connectivity index (χ4n) is 3.07. The summed E-state index contributed by atoms with van der Waals surface area (Å²) in [4.78, 5) is 24.8. The number of rotatable bonds is 7. The van der Waals surface area contributed by atoms with E-state index in [0.29, 0.717) is 6.42 Å². The van der Waals surface area contributed by atoms with Crippen molar-refractivity contribution in [2.75, 3.05) is 14.2 Å². The Morgan fingerprint density at radius 2 is 1.70 bits per heavy atom. The Morgan fingerprint density at radius 1 is 1.10 bits per heavy atom. The van der Waals surface area contributed by atoms with Crippen LogP contribution in [-0.4, -0.2) is 31.6 Å². The van der Waals surface area contributed by atoms with Crippen molar-refractivity contribution in [1.82, 2.24) is 0 Å². The molecule has 1 aliphatic carbocycles. The average molecular weight is 284 g/mol. The van der Waals surface area contributed by atoms with E-state index in [0.717, 1.165) is 51.4 Å². The molecule has 1 atom stereocenters. The highest BCUT2D eigenvalue weighted by atomic mass is 16.5. The third-order valence-corrected chi connectivity index (χ3v) is 4.40. The Balaban J connectivity index is 2.90. The molecule has 1 rings (SSSR count). The van der Waals surface area contributed by atoms with Gasteiger partial charge in [-0.15, -0.1) is 0 Å². The summed E-state index contributed by atoms with van der Waals surface area (Å²) in [6, 6.07) is 0. The predicted molar refractivity (Wildman–Crippen MR) is 77.5 cm³/mol. The molecule has 1 saturated carbocycles. The molecule has 0 amide bonds. The van der Waals surface area contributed by atoms with Crippen molar-refractivity contribution in [3.8, 4) is 0 Å². The molecule has 0 aromatic heterocycles. The smallest absolute Gasteiger partial charge is 0.316 e. The lowest BCUT2D eigenvalue weighted by molar-refractivity contribution is -0.159. The number of ketones is 1. The molecule has 20 heavy (non-hydrogen) atoms. The normalized spacial score (nSPS) is 19.9. The van der Waals surface area contributed by atoms with Crippen LogP contribution in [0.15, 0.2) is 0 Å². The molecular formula is C16H28O4. The minimum Gasteiger partial charge on any atom is -0.468 e. The number of Topliss-reactive ketones (excluding diaryl/α,β-unsaturated/α-hetero) is 1. The summed E-state index contributed by atoms with van der Waals surface area (Å²) in [6.07, 6.45) is 8.07. The first-order valence-electron chi connectivity index (χ1n) is 7.78. The van der Waals surface area contributed by atoms with Gasteiger partial charge < -0.3 is 9.47 Å². The molecule has 0 N–H and O–H groups in total. The summed E-state index contributed by atoms with van der Waals surface area (Å²) >= 11 is 0. The van der Waals surface area contributed by atoms with E-state index in [2.05, 4.69) is 6.92 Å². The Hall–Kier alpha value is -0.900. The van der Waals surface area contributed by atoms with Crippen LogP contribution in [0.4, 0.5) is 0 Å². The SMILES string of the molecule is CCCCC(C(=O)OC)C(=O)C1(OC)CCCCCC1. The van der Waals surface area contributed by atoms with Gasteiger partial charge in [0.15, 0.2) is 5.78 Å². The van der Waals surface area contributed by atoms with Gasteiger partial charge in [-0.3, -0.25) is 9.59 Å². The molecule has 0 aromatic rings. The molecule has 0 aromatic carbocycles. The molecule has 1 fully saturated rings. The van der Waals surface area contributed by atoms with Crippen LogP contribution in [0.5, 0.6) is 0 Å². The van der Waals surface area contributed by atoms with Crippen LogP contribution in [-0.2, 0) is 19.1 Å². The van der Waals surface area contributed by atoms with Crippen LogP contribution in [0.2, 0.25) is 0 Å².